The summed E-state index contributed by atoms with van der Waals surface area (Å²) in [5.74, 6) is 1.63. The monoisotopic (exact) mass is 278 g/mol. The Balaban J connectivity index is 1.86. The van der Waals surface area contributed by atoms with Gasteiger partial charge in [0.1, 0.15) is 0 Å². The molecule has 1 N–H and O–H groups in total. The van der Waals surface area contributed by atoms with Crippen LogP contribution in [-0.4, -0.2) is 11.5 Å². The molecule has 2 nitrogen and oxygen atoms in total. The van der Waals surface area contributed by atoms with E-state index in [-0.39, 0.29) is 0 Å². The molecule has 0 saturated heterocycles. The molecule has 1 heterocycles. The molecule has 1 fully saturated rings. The van der Waals surface area contributed by atoms with E-state index in [4.69, 9.17) is 4.98 Å². The molecule has 0 amide bonds. The van der Waals surface area contributed by atoms with Crippen molar-refractivity contribution >= 4 is 11.3 Å². The summed E-state index contributed by atoms with van der Waals surface area (Å²) in [7, 11) is 0. The van der Waals surface area contributed by atoms with Crippen LogP contribution in [0.5, 0.6) is 0 Å². The van der Waals surface area contributed by atoms with E-state index in [1.54, 1.807) is 4.88 Å². The van der Waals surface area contributed by atoms with Crippen LogP contribution in [0.1, 0.15) is 74.5 Å². The van der Waals surface area contributed by atoms with Crippen LogP contribution in [0.4, 0.5) is 0 Å². The summed E-state index contributed by atoms with van der Waals surface area (Å²) in [6.45, 7) is 10.5. The van der Waals surface area contributed by atoms with Crippen molar-refractivity contribution in [3.63, 3.8) is 0 Å². The van der Waals surface area contributed by atoms with Crippen molar-refractivity contribution in [3.05, 3.63) is 15.6 Å². The van der Waals surface area contributed by atoms with E-state index in [9.17, 15) is 0 Å². The molecule has 3 heteroatoms. The molecule has 0 bridgehead atoms. The SMILES string of the molecule is CCCNC1CC(C)(C)Cc2nc(C3CC3C)sc21. The number of rotatable bonds is 4. The second kappa shape index (κ2) is 4.85. The fraction of sp³-hybridized carbons (Fsp3) is 0.812. The molecule has 0 aromatic carbocycles. The first kappa shape index (κ1) is 13.6. The van der Waals surface area contributed by atoms with Crippen LogP contribution < -0.4 is 5.32 Å². The Bertz CT molecular complexity index is 463. The first-order chi connectivity index (χ1) is 9.00. The molecule has 19 heavy (non-hydrogen) atoms. The van der Waals surface area contributed by atoms with Crippen LogP contribution in [-0.2, 0) is 6.42 Å². The van der Waals surface area contributed by atoms with Gasteiger partial charge in [-0.15, -0.1) is 11.3 Å². The third-order valence-electron chi connectivity index (χ3n) is 4.53. The lowest BCUT2D eigenvalue weighted by Crippen LogP contribution is -2.33. The highest BCUT2D eigenvalue weighted by molar-refractivity contribution is 7.12. The lowest BCUT2D eigenvalue weighted by atomic mass is 9.76. The highest BCUT2D eigenvalue weighted by Gasteiger charge is 2.40. The summed E-state index contributed by atoms with van der Waals surface area (Å²) >= 11 is 2.00. The van der Waals surface area contributed by atoms with Gasteiger partial charge >= 0.3 is 0 Å². The van der Waals surface area contributed by atoms with Crippen molar-refractivity contribution in [2.75, 3.05) is 6.54 Å². The van der Waals surface area contributed by atoms with Gasteiger partial charge in [0, 0.05) is 16.8 Å². The van der Waals surface area contributed by atoms with Gasteiger partial charge in [-0.3, -0.25) is 0 Å². The van der Waals surface area contributed by atoms with Crippen molar-refractivity contribution in [1.29, 1.82) is 0 Å². The number of thiazole rings is 1. The summed E-state index contributed by atoms with van der Waals surface area (Å²) in [5, 5.41) is 5.15. The van der Waals surface area contributed by atoms with E-state index < -0.39 is 0 Å². The molecule has 0 radical (unpaired) electrons. The summed E-state index contributed by atoms with van der Waals surface area (Å²) in [6.07, 6.45) is 4.96. The molecule has 3 rings (SSSR count). The number of hydrogen-bond acceptors (Lipinski definition) is 3. The maximum absolute atomic E-state index is 5.00. The minimum absolute atomic E-state index is 0.388. The quantitative estimate of drug-likeness (QED) is 0.889. The zero-order valence-electron chi connectivity index (χ0n) is 12.6. The second-order valence-corrected chi connectivity index (χ2v) is 8.30. The Morgan fingerprint density at radius 2 is 2.16 bits per heavy atom. The van der Waals surface area contributed by atoms with Crippen LogP contribution >= 0.6 is 11.3 Å². The molecular weight excluding hydrogens is 252 g/mol. The highest BCUT2D eigenvalue weighted by Crippen LogP contribution is 2.51. The molecule has 1 saturated carbocycles. The lowest BCUT2D eigenvalue weighted by molar-refractivity contribution is 0.258. The van der Waals surface area contributed by atoms with Gasteiger partial charge < -0.3 is 5.32 Å². The third-order valence-corrected chi connectivity index (χ3v) is 5.87. The normalized spacial score (nSPS) is 32.1. The van der Waals surface area contributed by atoms with Crippen LogP contribution in [0.2, 0.25) is 0 Å². The van der Waals surface area contributed by atoms with Crippen LogP contribution in [0.3, 0.4) is 0 Å². The summed E-state index contributed by atoms with van der Waals surface area (Å²) < 4.78 is 0. The molecule has 1 aromatic heterocycles. The predicted octanol–water partition coefficient (Wildman–Crippen LogP) is 4.28. The van der Waals surface area contributed by atoms with Crippen molar-refractivity contribution < 1.29 is 0 Å². The van der Waals surface area contributed by atoms with Crippen molar-refractivity contribution in [2.45, 2.75) is 65.3 Å². The van der Waals surface area contributed by atoms with Gasteiger partial charge in [0.25, 0.3) is 0 Å². The van der Waals surface area contributed by atoms with Crippen LogP contribution in [0, 0.1) is 11.3 Å². The van der Waals surface area contributed by atoms with Gasteiger partial charge in [0.2, 0.25) is 0 Å². The fourth-order valence-electron chi connectivity index (χ4n) is 3.26. The van der Waals surface area contributed by atoms with Gasteiger partial charge in [-0.2, -0.15) is 0 Å². The third kappa shape index (κ3) is 2.73. The van der Waals surface area contributed by atoms with E-state index in [1.807, 2.05) is 11.3 Å². The first-order valence-electron chi connectivity index (χ1n) is 7.73. The van der Waals surface area contributed by atoms with Crippen molar-refractivity contribution in [3.8, 4) is 0 Å². The average Bonchev–Trinajstić information content (AvgIpc) is 2.90. The maximum Gasteiger partial charge on any atom is 0.0965 e. The molecule has 1 aromatic rings. The van der Waals surface area contributed by atoms with E-state index in [2.05, 4.69) is 33.0 Å². The van der Waals surface area contributed by atoms with E-state index in [1.165, 1.54) is 30.0 Å². The van der Waals surface area contributed by atoms with Gasteiger partial charge in [-0.05, 0) is 43.6 Å². The highest BCUT2D eigenvalue weighted by atomic mass is 32.1. The van der Waals surface area contributed by atoms with Gasteiger partial charge in [0.05, 0.1) is 10.7 Å². The molecule has 3 atom stereocenters. The fourth-order valence-corrected chi connectivity index (χ4v) is 4.67. The minimum atomic E-state index is 0.388. The van der Waals surface area contributed by atoms with Crippen molar-refractivity contribution in [2.24, 2.45) is 11.3 Å². The number of nitrogens with one attached hydrogen (secondary N) is 1. The Labute approximate surface area is 121 Å². The Morgan fingerprint density at radius 3 is 2.79 bits per heavy atom. The van der Waals surface area contributed by atoms with Crippen LogP contribution in [0.15, 0.2) is 0 Å². The maximum atomic E-state index is 5.00. The summed E-state index contributed by atoms with van der Waals surface area (Å²) in [4.78, 5) is 6.54. The second-order valence-electron chi connectivity index (χ2n) is 7.23. The van der Waals surface area contributed by atoms with Gasteiger partial charge in [0.15, 0.2) is 0 Å². The first-order valence-corrected chi connectivity index (χ1v) is 8.54. The Kier molecular flexibility index (Phi) is 3.46. The molecule has 2 aliphatic carbocycles. The molecule has 106 valence electrons. The zero-order valence-corrected chi connectivity index (χ0v) is 13.4. The number of nitrogens with zero attached hydrogens (tertiary/aromatic N) is 1. The lowest BCUT2D eigenvalue weighted by Gasteiger charge is -2.34. The van der Waals surface area contributed by atoms with E-state index >= 15 is 0 Å². The molecular formula is C16H26N2S. The van der Waals surface area contributed by atoms with Gasteiger partial charge in [-0.1, -0.05) is 27.7 Å². The Hall–Kier alpha value is -0.410. The topological polar surface area (TPSA) is 24.9 Å². The standard InChI is InChI=1S/C16H26N2S/c1-5-6-17-12-8-16(3,4)9-13-14(12)19-15(18-13)11-7-10(11)2/h10-12,17H,5-9H2,1-4H3. The smallest absolute Gasteiger partial charge is 0.0965 e. The zero-order chi connectivity index (χ0) is 13.6. The van der Waals surface area contributed by atoms with Gasteiger partial charge in [-0.25, -0.2) is 4.98 Å². The number of aromatic nitrogens is 1. The largest absolute Gasteiger partial charge is 0.309 e. The van der Waals surface area contributed by atoms with E-state index in [0.717, 1.165) is 24.8 Å². The van der Waals surface area contributed by atoms with Crippen molar-refractivity contribution in [1.82, 2.24) is 10.3 Å². The molecule has 3 unspecified atom stereocenters. The minimum Gasteiger partial charge on any atom is -0.309 e. The number of fused-ring (bicyclic) bond motifs is 1. The molecule has 0 aliphatic heterocycles. The summed E-state index contributed by atoms with van der Waals surface area (Å²) in [6, 6.07) is 0.541. The summed E-state index contributed by atoms with van der Waals surface area (Å²) in [5.41, 5.74) is 1.78. The molecule has 2 aliphatic rings. The predicted molar refractivity (Wildman–Crippen MR) is 81.8 cm³/mol. The Morgan fingerprint density at radius 1 is 1.42 bits per heavy atom. The average molecular weight is 278 g/mol. The van der Waals surface area contributed by atoms with Crippen LogP contribution in [0.25, 0.3) is 0 Å². The number of hydrogen-bond donors (Lipinski definition) is 1. The van der Waals surface area contributed by atoms with E-state index in [0.29, 0.717) is 11.5 Å². The molecule has 0 spiro atoms.